The number of nitrogens with zero attached hydrogens (tertiary/aromatic N) is 2. The first-order valence-electron chi connectivity index (χ1n) is 4.64. The van der Waals surface area contributed by atoms with Gasteiger partial charge in [0.2, 0.25) is 0 Å². The molecule has 0 atom stereocenters. The zero-order valence-electron chi connectivity index (χ0n) is 7.99. The minimum Gasteiger partial charge on any atom is -0.331 e. The van der Waals surface area contributed by atoms with Crippen molar-refractivity contribution in [2.45, 2.75) is 11.3 Å². The number of benzene rings is 1. The molecule has 0 spiro atoms. The Hall–Kier alpha value is -0.740. The quantitative estimate of drug-likeness (QED) is 0.756. The van der Waals surface area contributed by atoms with Crippen LogP contribution in [0.3, 0.4) is 0 Å². The van der Waals surface area contributed by atoms with Crippen LogP contribution < -0.4 is 4.90 Å². The molecule has 0 aliphatic carbocycles. The van der Waals surface area contributed by atoms with E-state index in [0.29, 0.717) is 18.0 Å². The second kappa shape index (κ2) is 4.86. The van der Waals surface area contributed by atoms with E-state index in [4.69, 9.17) is 11.6 Å². The summed E-state index contributed by atoms with van der Waals surface area (Å²) < 4.78 is 16.2. The molecule has 1 aliphatic rings. The fourth-order valence-corrected chi connectivity index (χ4v) is 2.38. The minimum atomic E-state index is -0.305. The van der Waals surface area contributed by atoms with Gasteiger partial charge in [-0.2, -0.15) is 0 Å². The highest BCUT2D eigenvalue weighted by Crippen LogP contribution is 2.35. The van der Waals surface area contributed by atoms with E-state index < -0.39 is 0 Å². The third-order valence-electron chi connectivity index (χ3n) is 2.10. The number of anilines is 1. The molecule has 2 nitrogen and oxygen atoms in total. The Morgan fingerprint density at radius 3 is 3.13 bits per heavy atom. The smallest absolute Gasteiger partial charge is 0.104 e. The summed E-state index contributed by atoms with van der Waals surface area (Å²) in [6.45, 7) is 0.343. The maximum atomic E-state index is 12.1. The Morgan fingerprint density at radius 1 is 1.47 bits per heavy atom. The van der Waals surface area contributed by atoms with Crippen LogP contribution in [0.2, 0.25) is 5.02 Å². The predicted octanol–water partition coefficient (Wildman–Crippen LogP) is 3.56. The highest BCUT2D eigenvalue weighted by Gasteiger charge is 2.14. The molecule has 0 fully saturated rings. The van der Waals surface area contributed by atoms with Crippen molar-refractivity contribution < 1.29 is 4.39 Å². The average molecular weight is 245 g/mol. The van der Waals surface area contributed by atoms with Crippen molar-refractivity contribution in [3.05, 3.63) is 23.2 Å². The molecule has 1 heterocycles. The fraction of sp³-hybridized carbons (Fsp3) is 0.300. The van der Waals surface area contributed by atoms with E-state index in [1.807, 2.05) is 23.1 Å². The third-order valence-corrected chi connectivity index (χ3v) is 3.06. The highest BCUT2D eigenvalue weighted by molar-refractivity contribution is 7.98. The molecule has 2 rings (SSSR count). The Morgan fingerprint density at radius 2 is 2.33 bits per heavy atom. The summed E-state index contributed by atoms with van der Waals surface area (Å²) in [6, 6.07) is 5.65. The lowest BCUT2D eigenvalue weighted by Crippen LogP contribution is -2.24. The summed E-state index contributed by atoms with van der Waals surface area (Å²) in [5, 5.41) is 0.698. The fourth-order valence-electron chi connectivity index (χ4n) is 1.41. The highest BCUT2D eigenvalue weighted by atomic mass is 35.5. The molecule has 1 aromatic carbocycles. The maximum Gasteiger partial charge on any atom is 0.104 e. The van der Waals surface area contributed by atoms with Gasteiger partial charge in [0.1, 0.15) is 6.34 Å². The Kier molecular flexibility index (Phi) is 3.49. The maximum absolute atomic E-state index is 12.1. The van der Waals surface area contributed by atoms with Crippen molar-refractivity contribution in [3.63, 3.8) is 0 Å². The van der Waals surface area contributed by atoms with E-state index in [-0.39, 0.29) is 6.67 Å². The van der Waals surface area contributed by atoms with Crippen molar-refractivity contribution >= 4 is 35.6 Å². The average Bonchev–Trinajstić information content (AvgIpc) is 2.25. The van der Waals surface area contributed by atoms with Gasteiger partial charge in [-0.25, -0.2) is 4.40 Å². The number of rotatable bonds is 3. The molecule has 0 saturated carbocycles. The molecule has 0 bridgehead atoms. The molecule has 15 heavy (non-hydrogen) atoms. The van der Waals surface area contributed by atoms with E-state index in [1.165, 1.54) is 11.9 Å². The van der Waals surface area contributed by atoms with Gasteiger partial charge in [-0.15, -0.1) is 0 Å². The van der Waals surface area contributed by atoms with Crippen molar-refractivity contribution in [2.75, 3.05) is 18.1 Å². The molecule has 1 aromatic rings. The number of halogens is 2. The molecule has 80 valence electrons. The predicted molar refractivity (Wildman–Crippen MR) is 63.7 cm³/mol. The molecule has 0 N–H and O–H groups in total. The van der Waals surface area contributed by atoms with Crippen LogP contribution in [0.1, 0.15) is 6.42 Å². The second-order valence-electron chi connectivity index (χ2n) is 3.16. The summed E-state index contributed by atoms with van der Waals surface area (Å²) in [4.78, 5) is 2.96. The van der Waals surface area contributed by atoms with Crippen molar-refractivity contribution in [3.8, 4) is 0 Å². The number of alkyl halides is 1. The van der Waals surface area contributed by atoms with Crippen LogP contribution in [0.25, 0.3) is 0 Å². The van der Waals surface area contributed by atoms with Gasteiger partial charge >= 0.3 is 0 Å². The van der Waals surface area contributed by atoms with Gasteiger partial charge < -0.3 is 4.90 Å². The molecule has 1 aliphatic heterocycles. The van der Waals surface area contributed by atoms with Gasteiger partial charge in [0.05, 0.1) is 17.3 Å². The first-order valence-corrected chi connectivity index (χ1v) is 5.79. The van der Waals surface area contributed by atoms with Crippen LogP contribution in [0, 0.1) is 0 Å². The molecular weight excluding hydrogens is 235 g/mol. The van der Waals surface area contributed by atoms with E-state index in [2.05, 4.69) is 4.40 Å². The second-order valence-corrected chi connectivity index (χ2v) is 4.43. The van der Waals surface area contributed by atoms with Gasteiger partial charge in [-0.05, 0) is 24.6 Å². The van der Waals surface area contributed by atoms with Crippen molar-refractivity contribution in [1.29, 1.82) is 0 Å². The molecule has 0 amide bonds. The molecule has 0 saturated heterocycles. The van der Waals surface area contributed by atoms with Crippen LogP contribution >= 0.6 is 23.5 Å². The van der Waals surface area contributed by atoms with Crippen LogP contribution in [-0.4, -0.2) is 19.6 Å². The van der Waals surface area contributed by atoms with Gasteiger partial charge in [0.15, 0.2) is 0 Å². The Bertz CT molecular complexity index is 384. The molecule has 0 radical (unpaired) electrons. The van der Waals surface area contributed by atoms with Gasteiger partial charge in [0.25, 0.3) is 0 Å². The van der Waals surface area contributed by atoms with E-state index in [0.717, 1.165) is 10.6 Å². The Balaban J connectivity index is 2.22. The van der Waals surface area contributed by atoms with Gasteiger partial charge in [-0.1, -0.05) is 11.6 Å². The molecule has 5 heteroatoms. The summed E-state index contributed by atoms with van der Waals surface area (Å²) in [5.41, 5.74) is 1.05. The standard InChI is InChI=1S/C10H10ClFN2S/c11-8-2-3-9-10(6-8)15-13-7-14(9)5-1-4-12/h2-3,6-7H,1,4-5H2. The van der Waals surface area contributed by atoms with Crippen molar-refractivity contribution in [1.82, 2.24) is 0 Å². The summed E-state index contributed by atoms with van der Waals surface area (Å²) in [5.74, 6) is 0. The first-order chi connectivity index (χ1) is 7.31. The summed E-state index contributed by atoms with van der Waals surface area (Å²) in [6.07, 6.45) is 2.25. The number of fused-ring (bicyclic) bond motifs is 1. The summed E-state index contributed by atoms with van der Waals surface area (Å²) >= 11 is 7.27. The lowest BCUT2D eigenvalue weighted by Gasteiger charge is -2.24. The van der Waals surface area contributed by atoms with Crippen LogP contribution in [-0.2, 0) is 0 Å². The third kappa shape index (κ3) is 2.44. The SMILES string of the molecule is FCCCN1C=NSc2cc(Cl)ccc21. The van der Waals surface area contributed by atoms with E-state index in [1.54, 1.807) is 6.34 Å². The van der Waals surface area contributed by atoms with E-state index in [9.17, 15) is 4.39 Å². The van der Waals surface area contributed by atoms with Crippen LogP contribution in [0.5, 0.6) is 0 Å². The zero-order valence-corrected chi connectivity index (χ0v) is 9.56. The van der Waals surface area contributed by atoms with Gasteiger partial charge in [-0.3, -0.25) is 4.39 Å². The summed E-state index contributed by atoms with van der Waals surface area (Å²) in [7, 11) is 0. The first kappa shape index (κ1) is 10.8. The van der Waals surface area contributed by atoms with E-state index >= 15 is 0 Å². The largest absolute Gasteiger partial charge is 0.331 e. The normalized spacial score (nSPS) is 14.1. The topological polar surface area (TPSA) is 15.6 Å². The minimum absolute atomic E-state index is 0.305. The Labute approximate surface area is 97.3 Å². The van der Waals surface area contributed by atoms with Gasteiger partial charge in [0, 0.05) is 23.5 Å². The monoisotopic (exact) mass is 244 g/mol. The molecule has 0 unspecified atom stereocenters. The van der Waals surface area contributed by atoms with Crippen molar-refractivity contribution in [2.24, 2.45) is 4.40 Å². The lowest BCUT2D eigenvalue weighted by atomic mass is 10.3. The number of hydrogen-bond acceptors (Lipinski definition) is 3. The molecule has 0 aromatic heterocycles. The van der Waals surface area contributed by atoms with Crippen LogP contribution in [0.15, 0.2) is 27.5 Å². The molecular formula is C10H10ClFN2S. The number of hydrogen-bond donors (Lipinski definition) is 0. The zero-order chi connectivity index (χ0) is 10.7. The lowest BCUT2D eigenvalue weighted by molar-refractivity contribution is 0.477. The van der Waals surface area contributed by atoms with Crippen LogP contribution in [0.4, 0.5) is 10.1 Å².